The normalized spacial score (nSPS) is 21.3. The number of anilines is 2. The summed E-state index contributed by atoms with van der Waals surface area (Å²) in [6.07, 6.45) is 7.64. The number of benzene rings is 1. The lowest BCUT2D eigenvalue weighted by molar-refractivity contribution is -0.135. The Balaban J connectivity index is 0.878. The number of fused-ring (bicyclic) bond motifs is 2. The van der Waals surface area contributed by atoms with Crippen LogP contribution in [0.1, 0.15) is 73.1 Å². The zero-order valence-corrected chi connectivity index (χ0v) is 28.9. The number of hydrogen-bond acceptors (Lipinski definition) is 8. The summed E-state index contributed by atoms with van der Waals surface area (Å²) < 4.78 is 34.4. The number of piperidine rings is 2. The first kappa shape index (κ1) is 33.7. The van der Waals surface area contributed by atoms with Crippen molar-refractivity contribution in [3.05, 3.63) is 76.9 Å². The number of para-hydroxylation sites is 1. The highest BCUT2D eigenvalue weighted by molar-refractivity contribution is 6.08. The van der Waals surface area contributed by atoms with Crippen molar-refractivity contribution in [1.29, 1.82) is 0 Å². The largest absolute Gasteiger partial charge is 0.370 e. The molecule has 3 aliphatic rings. The SMILES string of the molecule is CN(C[C@H]1C[C@H](n2cc(NC(=O)c3ccn4cccnc34)c(C(F)F)n2)C1)C1CCN(c2cccc3c2n(C)c(=O)n3C2CCC(=O)NC2=O)CC1. The van der Waals surface area contributed by atoms with Crippen LogP contribution in [0.25, 0.3) is 16.7 Å². The van der Waals surface area contributed by atoms with Gasteiger partial charge in [-0.2, -0.15) is 5.10 Å². The van der Waals surface area contributed by atoms with Crippen molar-refractivity contribution in [2.24, 2.45) is 13.0 Å². The molecule has 1 aliphatic carbocycles. The van der Waals surface area contributed by atoms with Crippen LogP contribution in [0.15, 0.2) is 59.9 Å². The third kappa shape index (κ3) is 5.93. The second-order valence-electron chi connectivity index (χ2n) is 14.2. The molecule has 8 rings (SSSR count). The van der Waals surface area contributed by atoms with Gasteiger partial charge in [-0.15, -0.1) is 0 Å². The van der Waals surface area contributed by atoms with Gasteiger partial charge in [-0.1, -0.05) is 6.07 Å². The van der Waals surface area contributed by atoms with Crippen LogP contribution in [0, 0.1) is 5.92 Å². The second-order valence-corrected chi connectivity index (χ2v) is 14.2. The van der Waals surface area contributed by atoms with Crippen LogP contribution in [0.5, 0.6) is 0 Å². The number of nitrogens with zero attached hydrogens (tertiary/aromatic N) is 8. The van der Waals surface area contributed by atoms with E-state index in [0.29, 0.717) is 23.1 Å². The van der Waals surface area contributed by atoms with Crippen LogP contribution < -0.4 is 21.2 Å². The molecule has 0 bridgehead atoms. The number of alkyl halides is 2. The lowest BCUT2D eigenvalue weighted by Crippen LogP contribution is -2.46. The van der Waals surface area contributed by atoms with E-state index in [9.17, 15) is 28.0 Å². The second kappa shape index (κ2) is 13.3. The molecule has 16 heteroatoms. The summed E-state index contributed by atoms with van der Waals surface area (Å²) in [6.45, 7) is 2.47. The van der Waals surface area contributed by atoms with E-state index in [4.69, 9.17) is 0 Å². The average Bonchev–Trinajstić information content (AvgIpc) is 3.81. The fourth-order valence-corrected chi connectivity index (χ4v) is 8.23. The van der Waals surface area contributed by atoms with Gasteiger partial charge >= 0.3 is 5.69 Å². The molecule has 6 heterocycles. The fourth-order valence-electron chi connectivity index (χ4n) is 8.23. The summed E-state index contributed by atoms with van der Waals surface area (Å²) in [5, 5.41) is 9.19. The molecule has 2 aliphatic heterocycles. The molecule has 2 N–H and O–H groups in total. The Kier molecular flexibility index (Phi) is 8.64. The molecule has 2 saturated heterocycles. The minimum Gasteiger partial charge on any atom is -0.370 e. The summed E-state index contributed by atoms with van der Waals surface area (Å²) in [4.78, 5) is 59.7. The monoisotopic (exact) mass is 714 g/mol. The standard InChI is InChI=1S/C36H40F2N10O4/c1-43(19-21-17-23(18-21)47-20-25(30(42-47)32(37)38)40-34(50)24-11-16-46-13-4-12-39-33(24)46)22-9-14-45(15-10-22)26-5-3-6-27-31(26)44(2)36(52)48(27)28-7-8-29(49)41-35(28)51/h3-6,11-13,16,20-23,28,32H,7-10,14-15,17-19H2,1-2H3,(H,40,50)(H,41,49,51)/t21-,23-,28?. The molecule has 3 fully saturated rings. The molecule has 52 heavy (non-hydrogen) atoms. The number of imidazole rings is 1. The molecule has 0 spiro atoms. The number of carbonyl (C=O) groups is 3. The van der Waals surface area contributed by atoms with E-state index in [1.165, 1.54) is 10.8 Å². The number of imide groups is 1. The number of rotatable bonds is 9. The minimum absolute atomic E-state index is 0.00547. The number of nitrogens with one attached hydrogen (secondary N) is 2. The summed E-state index contributed by atoms with van der Waals surface area (Å²) in [7, 11) is 3.86. The minimum atomic E-state index is -2.84. The van der Waals surface area contributed by atoms with Crippen molar-refractivity contribution in [1.82, 2.24) is 38.5 Å². The van der Waals surface area contributed by atoms with Crippen LogP contribution in [0.2, 0.25) is 0 Å². The first-order valence-corrected chi connectivity index (χ1v) is 17.7. The predicted octanol–water partition coefficient (Wildman–Crippen LogP) is 3.90. The van der Waals surface area contributed by atoms with Gasteiger partial charge in [-0.25, -0.2) is 18.6 Å². The van der Waals surface area contributed by atoms with Crippen LogP contribution in [0.4, 0.5) is 20.2 Å². The molecule has 1 saturated carbocycles. The quantitative estimate of drug-likeness (QED) is 0.219. The molecule has 1 atom stereocenters. The van der Waals surface area contributed by atoms with E-state index in [2.05, 4.69) is 37.6 Å². The number of aryl methyl sites for hydroxylation is 1. The topological polar surface area (TPSA) is 144 Å². The van der Waals surface area contributed by atoms with Gasteiger partial charge in [-0.3, -0.25) is 33.5 Å². The fraction of sp³-hybridized carbons (Fsp3) is 0.444. The van der Waals surface area contributed by atoms with Gasteiger partial charge in [0.15, 0.2) is 5.69 Å². The Morgan fingerprint density at radius 2 is 1.87 bits per heavy atom. The van der Waals surface area contributed by atoms with Crippen molar-refractivity contribution in [2.75, 3.05) is 36.9 Å². The van der Waals surface area contributed by atoms with E-state index in [0.717, 1.165) is 56.5 Å². The summed E-state index contributed by atoms with van der Waals surface area (Å²) >= 11 is 0. The van der Waals surface area contributed by atoms with Crippen LogP contribution >= 0.6 is 0 Å². The highest BCUT2D eigenvalue weighted by atomic mass is 19.3. The Bertz CT molecular complexity index is 2240. The first-order valence-electron chi connectivity index (χ1n) is 17.7. The lowest BCUT2D eigenvalue weighted by atomic mass is 9.79. The molecule has 14 nitrogen and oxygen atoms in total. The maximum absolute atomic E-state index is 14.0. The smallest absolute Gasteiger partial charge is 0.329 e. The van der Waals surface area contributed by atoms with Crippen molar-refractivity contribution < 1.29 is 23.2 Å². The molecule has 1 aromatic carbocycles. The van der Waals surface area contributed by atoms with Crippen molar-refractivity contribution >= 4 is 45.8 Å². The van der Waals surface area contributed by atoms with Gasteiger partial charge in [0.1, 0.15) is 11.7 Å². The van der Waals surface area contributed by atoms with Gasteiger partial charge in [0.2, 0.25) is 11.8 Å². The highest BCUT2D eigenvalue weighted by Crippen LogP contribution is 2.40. The van der Waals surface area contributed by atoms with Crippen molar-refractivity contribution in [2.45, 2.75) is 63.1 Å². The number of carbonyl (C=O) groups excluding carboxylic acids is 3. The van der Waals surface area contributed by atoms with Gasteiger partial charge in [-0.05, 0) is 69.3 Å². The summed E-state index contributed by atoms with van der Waals surface area (Å²) in [5.41, 5.74) is 2.41. The average molecular weight is 715 g/mol. The van der Waals surface area contributed by atoms with Crippen molar-refractivity contribution in [3.63, 3.8) is 0 Å². The van der Waals surface area contributed by atoms with Crippen LogP contribution in [0.3, 0.4) is 0 Å². The van der Waals surface area contributed by atoms with E-state index in [1.54, 1.807) is 51.4 Å². The Morgan fingerprint density at radius 1 is 1.08 bits per heavy atom. The third-order valence-electron chi connectivity index (χ3n) is 11.0. The highest BCUT2D eigenvalue weighted by Gasteiger charge is 2.36. The number of aromatic nitrogens is 6. The third-order valence-corrected chi connectivity index (χ3v) is 11.0. The summed E-state index contributed by atoms with van der Waals surface area (Å²) in [5.74, 6) is -0.902. The van der Waals surface area contributed by atoms with Gasteiger partial charge in [0.05, 0.1) is 34.0 Å². The van der Waals surface area contributed by atoms with E-state index < -0.39 is 30.0 Å². The lowest BCUT2D eigenvalue weighted by Gasteiger charge is -2.42. The summed E-state index contributed by atoms with van der Waals surface area (Å²) in [6, 6.07) is 8.73. The van der Waals surface area contributed by atoms with Crippen molar-refractivity contribution in [3.8, 4) is 0 Å². The molecule has 4 aromatic heterocycles. The van der Waals surface area contributed by atoms with Gasteiger partial charge in [0, 0.05) is 63.9 Å². The molecule has 0 radical (unpaired) electrons. The Labute approximate surface area is 297 Å². The maximum Gasteiger partial charge on any atom is 0.329 e. The molecular formula is C36H40F2N10O4. The number of hydrogen-bond donors (Lipinski definition) is 2. The van der Waals surface area contributed by atoms with Crippen LogP contribution in [-0.4, -0.2) is 83.6 Å². The molecule has 3 amide bonds. The molecular weight excluding hydrogens is 674 g/mol. The molecule has 272 valence electrons. The van der Waals surface area contributed by atoms with E-state index >= 15 is 0 Å². The van der Waals surface area contributed by atoms with Gasteiger partial charge < -0.3 is 19.5 Å². The van der Waals surface area contributed by atoms with E-state index in [-0.39, 0.29) is 41.7 Å². The predicted molar refractivity (Wildman–Crippen MR) is 189 cm³/mol. The Morgan fingerprint density at radius 3 is 2.62 bits per heavy atom. The van der Waals surface area contributed by atoms with E-state index in [1.807, 2.05) is 18.2 Å². The zero-order valence-electron chi connectivity index (χ0n) is 28.9. The molecule has 5 aromatic rings. The maximum atomic E-state index is 14.0. The van der Waals surface area contributed by atoms with Gasteiger partial charge in [0.25, 0.3) is 12.3 Å². The number of halogens is 2. The Hall–Kier alpha value is -5.38. The first-order chi connectivity index (χ1) is 25.1. The molecule has 1 unspecified atom stereocenters. The zero-order chi connectivity index (χ0) is 36.3. The van der Waals surface area contributed by atoms with Crippen LogP contribution in [-0.2, 0) is 16.6 Å². The number of amides is 3.